The van der Waals surface area contributed by atoms with Crippen LogP contribution in [0.15, 0.2) is 33.8 Å². The molecule has 0 aliphatic rings. The summed E-state index contributed by atoms with van der Waals surface area (Å²) in [5.41, 5.74) is 0.568. The third-order valence-electron chi connectivity index (χ3n) is 2.72. The molecular formula is C14H13NO5S. The molecule has 0 unspecified atom stereocenters. The highest BCUT2D eigenvalue weighted by molar-refractivity contribution is 7.98. The molecule has 1 N–H and O–H groups in total. The average molecular weight is 307 g/mol. The Morgan fingerprint density at radius 1 is 1.43 bits per heavy atom. The highest BCUT2D eigenvalue weighted by Crippen LogP contribution is 2.25. The molecule has 6 nitrogen and oxygen atoms in total. The van der Waals surface area contributed by atoms with E-state index in [0.29, 0.717) is 27.9 Å². The van der Waals surface area contributed by atoms with Crippen LogP contribution >= 0.6 is 11.8 Å². The molecule has 0 radical (unpaired) electrons. The highest BCUT2D eigenvalue weighted by Gasteiger charge is 2.15. The number of methoxy groups -OCH3 is 1. The number of hydrogen-bond acceptors (Lipinski definition) is 6. The smallest absolute Gasteiger partial charge is 0.341 e. The van der Waals surface area contributed by atoms with Crippen molar-refractivity contribution in [3.05, 3.63) is 47.0 Å². The van der Waals surface area contributed by atoms with Crippen molar-refractivity contribution in [2.75, 3.05) is 7.11 Å². The number of carbonyl (C=O) groups excluding carboxylic acids is 1. The van der Waals surface area contributed by atoms with Crippen LogP contribution in [0.25, 0.3) is 0 Å². The molecule has 0 amide bonds. The Balaban J connectivity index is 2.08. The SMILES string of the molecule is COC(=O)c1cc(CSc2cc(C(=O)O)ccn2)oc1C. The number of furan rings is 1. The first-order valence-electron chi connectivity index (χ1n) is 6.01. The van der Waals surface area contributed by atoms with Crippen molar-refractivity contribution in [3.63, 3.8) is 0 Å². The summed E-state index contributed by atoms with van der Waals surface area (Å²) < 4.78 is 10.1. The Hall–Kier alpha value is -2.28. The van der Waals surface area contributed by atoms with Crippen molar-refractivity contribution in [3.8, 4) is 0 Å². The Kier molecular flexibility index (Phi) is 4.64. The molecule has 0 bridgehead atoms. The van der Waals surface area contributed by atoms with E-state index in [1.54, 1.807) is 13.0 Å². The molecule has 0 atom stereocenters. The predicted molar refractivity (Wildman–Crippen MR) is 75.5 cm³/mol. The van der Waals surface area contributed by atoms with Gasteiger partial charge in [0.25, 0.3) is 0 Å². The Labute approximate surface area is 125 Å². The summed E-state index contributed by atoms with van der Waals surface area (Å²) in [6.45, 7) is 1.68. The fraction of sp³-hybridized carbons (Fsp3) is 0.214. The minimum absolute atomic E-state index is 0.179. The van der Waals surface area contributed by atoms with Crippen molar-refractivity contribution in [2.45, 2.75) is 17.7 Å². The van der Waals surface area contributed by atoms with Crippen LogP contribution in [-0.4, -0.2) is 29.1 Å². The maximum absolute atomic E-state index is 11.5. The summed E-state index contributed by atoms with van der Waals surface area (Å²) in [7, 11) is 1.31. The summed E-state index contributed by atoms with van der Waals surface area (Å²) in [5.74, 6) is 0.0816. The zero-order chi connectivity index (χ0) is 15.4. The fourth-order valence-corrected chi connectivity index (χ4v) is 2.47. The maximum atomic E-state index is 11.5. The quantitative estimate of drug-likeness (QED) is 0.671. The molecule has 0 aliphatic heterocycles. The number of aryl methyl sites for hydroxylation is 1. The highest BCUT2D eigenvalue weighted by atomic mass is 32.2. The first kappa shape index (κ1) is 15.1. The standard InChI is InChI=1S/C14H13NO5S/c1-8-11(14(18)19-2)6-10(20-8)7-21-12-5-9(13(16)17)3-4-15-12/h3-6H,7H2,1-2H3,(H,16,17). The van der Waals surface area contributed by atoms with Gasteiger partial charge < -0.3 is 14.3 Å². The number of hydrogen-bond donors (Lipinski definition) is 1. The van der Waals surface area contributed by atoms with Crippen LogP contribution in [0.5, 0.6) is 0 Å². The monoisotopic (exact) mass is 307 g/mol. The molecule has 7 heteroatoms. The molecule has 2 aromatic heterocycles. The fourth-order valence-electron chi connectivity index (χ4n) is 1.69. The lowest BCUT2D eigenvalue weighted by Crippen LogP contribution is -2.00. The molecule has 0 fully saturated rings. The lowest BCUT2D eigenvalue weighted by atomic mass is 10.2. The number of esters is 1. The summed E-state index contributed by atoms with van der Waals surface area (Å²) in [5, 5.41) is 9.49. The van der Waals surface area contributed by atoms with E-state index in [-0.39, 0.29) is 5.56 Å². The van der Waals surface area contributed by atoms with Crippen LogP contribution in [0.3, 0.4) is 0 Å². The van der Waals surface area contributed by atoms with Gasteiger partial charge in [0.1, 0.15) is 17.1 Å². The summed E-state index contributed by atoms with van der Waals surface area (Å²) >= 11 is 1.33. The Bertz CT molecular complexity index is 680. The maximum Gasteiger partial charge on any atom is 0.341 e. The van der Waals surface area contributed by atoms with E-state index in [1.807, 2.05) is 0 Å². The number of carbonyl (C=O) groups is 2. The van der Waals surface area contributed by atoms with Gasteiger partial charge in [-0.15, -0.1) is 0 Å². The van der Waals surface area contributed by atoms with Crippen molar-refractivity contribution < 1.29 is 23.8 Å². The minimum atomic E-state index is -0.999. The van der Waals surface area contributed by atoms with E-state index in [4.69, 9.17) is 9.52 Å². The van der Waals surface area contributed by atoms with Crippen LogP contribution in [0, 0.1) is 6.92 Å². The van der Waals surface area contributed by atoms with Crippen LogP contribution in [0.1, 0.15) is 32.2 Å². The van der Waals surface area contributed by atoms with Gasteiger partial charge in [-0.3, -0.25) is 0 Å². The number of nitrogens with zero attached hydrogens (tertiary/aromatic N) is 1. The van der Waals surface area contributed by atoms with E-state index in [2.05, 4.69) is 9.72 Å². The minimum Gasteiger partial charge on any atom is -0.478 e. The molecule has 2 rings (SSSR count). The van der Waals surface area contributed by atoms with Gasteiger partial charge in [0.2, 0.25) is 0 Å². The Morgan fingerprint density at radius 2 is 2.19 bits per heavy atom. The molecule has 0 aliphatic carbocycles. The number of aromatic carboxylic acids is 1. The van der Waals surface area contributed by atoms with Gasteiger partial charge in [0.15, 0.2) is 0 Å². The lowest BCUT2D eigenvalue weighted by molar-refractivity contribution is 0.0598. The average Bonchev–Trinajstić information content (AvgIpc) is 2.85. The predicted octanol–water partition coefficient (Wildman–Crippen LogP) is 2.76. The van der Waals surface area contributed by atoms with Crippen LogP contribution in [-0.2, 0) is 10.5 Å². The number of carboxylic acids is 1. The lowest BCUT2D eigenvalue weighted by Gasteiger charge is -2.00. The molecule has 110 valence electrons. The molecular weight excluding hydrogens is 294 g/mol. The molecule has 2 heterocycles. The van der Waals surface area contributed by atoms with Crippen molar-refractivity contribution in [1.82, 2.24) is 4.98 Å². The van der Waals surface area contributed by atoms with Crippen LogP contribution < -0.4 is 0 Å². The van der Waals surface area contributed by atoms with Gasteiger partial charge in [-0.1, -0.05) is 11.8 Å². The zero-order valence-electron chi connectivity index (χ0n) is 11.5. The second-order valence-electron chi connectivity index (χ2n) is 4.15. The van der Waals surface area contributed by atoms with Gasteiger partial charge in [-0.2, -0.15) is 0 Å². The zero-order valence-corrected chi connectivity index (χ0v) is 12.3. The van der Waals surface area contributed by atoms with Gasteiger partial charge >= 0.3 is 11.9 Å². The van der Waals surface area contributed by atoms with E-state index in [1.165, 1.54) is 37.2 Å². The van der Waals surface area contributed by atoms with E-state index in [0.717, 1.165) is 0 Å². The van der Waals surface area contributed by atoms with Crippen molar-refractivity contribution >= 4 is 23.7 Å². The van der Waals surface area contributed by atoms with Crippen LogP contribution in [0.2, 0.25) is 0 Å². The van der Waals surface area contributed by atoms with Gasteiger partial charge in [0, 0.05) is 6.20 Å². The number of aromatic nitrogens is 1. The van der Waals surface area contributed by atoms with E-state index < -0.39 is 11.9 Å². The van der Waals surface area contributed by atoms with Crippen molar-refractivity contribution in [1.29, 1.82) is 0 Å². The topological polar surface area (TPSA) is 89.6 Å². The van der Waals surface area contributed by atoms with Gasteiger partial charge in [-0.05, 0) is 25.1 Å². The molecule has 0 saturated carbocycles. The van der Waals surface area contributed by atoms with Gasteiger partial charge in [-0.25, -0.2) is 14.6 Å². The second-order valence-corrected chi connectivity index (χ2v) is 5.15. The van der Waals surface area contributed by atoms with E-state index in [9.17, 15) is 9.59 Å². The van der Waals surface area contributed by atoms with Gasteiger partial charge in [0.05, 0.1) is 23.5 Å². The molecule has 21 heavy (non-hydrogen) atoms. The first-order valence-corrected chi connectivity index (χ1v) is 6.99. The molecule has 2 aromatic rings. The normalized spacial score (nSPS) is 10.4. The van der Waals surface area contributed by atoms with E-state index >= 15 is 0 Å². The largest absolute Gasteiger partial charge is 0.478 e. The van der Waals surface area contributed by atoms with Crippen LogP contribution in [0.4, 0.5) is 0 Å². The third kappa shape index (κ3) is 3.63. The summed E-state index contributed by atoms with van der Waals surface area (Å²) in [4.78, 5) is 26.4. The summed E-state index contributed by atoms with van der Waals surface area (Å²) in [6.07, 6.45) is 1.44. The number of pyridine rings is 1. The third-order valence-corrected chi connectivity index (χ3v) is 3.67. The number of ether oxygens (including phenoxy) is 1. The molecule has 0 aromatic carbocycles. The van der Waals surface area contributed by atoms with Crippen molar-refractivity contribution in [2.24, 2.45) is 0 Å². The number of rotatable bonds is 5. The molecule has 0 saturated heterocycles. The summed E-state index contributed by atoms with van der Waals surface area (Å²) in [6, 6.07) is 4.54. The molecule has 0 spiro atoms. The Morgan fingerprint density at radius 3 is 2.86 bits per heavy atom. The number of thioether (sulfide) groups is 1. The number of carboxylic acid groups (broad SMARTS) is 1. The second kappa shape index (κ2) is 6.45. The first-order chi connectivity index (χ1) is 10.0.